The van der Waals surface area contributed by atoms with E-state index >= 15 is 0 Å². The second-order valence-electron chi connectivity index (χ2n) is 7.82. The topological polar surface area (TPSA) is 114 Å². The van der Waals surface area contributed by atoms with Gasteiger partial charge < -0.3 is 25.2 Å². The quantitative estimate of drug-likeness (QED) is 0.670. The van der Waals surface area contributed by atoms with E-state index in [2.05, 4.69) is 10.6 Å². The van der Waals surface area contributed by atoms with Crippen LogP contribution in [0.25, 0.3) is 0 Å². The van der Waals surface area contributed by atoms with E-state index in [0.29, 0.717) is 0 Å². The Morgan fingerprint density at radius 3 is 2.15 bits per heavy atom. The van der Waals surface area contributed by atoms with Crippen molar-refractivity contribution in [3.8, 4) is 0 Å². The molecule has 1 aromatic carbocycles. The van der Waals surface area contributed by atoms with Gasteiger partial charge in [-0.3, -0.25) is 0 Å². The van der Waals surface area contributed by atoms with Crippen LogP contribution in [0.4, 0.5) is 9.59 Å². The number of ether oxygens (including phenoxy) is 2. The minimum atomic E-state index is -1.26. The van der Waals surface area contributed by atoms with Crippen LogP contribution in [0.15, 0.2) is 30.3 Å². The fraction of sp³-hybridized carbons (Fsp3) is 0.526. The van der Waals surface area contributed by atoms with Gasteiger partial charge in [0.1, 0.15) is 18.2 Å². The largest absolute Gasteiger partial charge is 0.480 e. The molecule has 1 aromatic rings. The van der Waals surface area contributed by atoms with Crippen molar-refractivity contribution in [2.24, 2.45) is 5.41 Å². The lowest BCUT2D eigenvalue weighted by Crippen LogP contribution is -2.55. The molecule has 0 aromatic heterocycles. The summed E-state index contributed by atoms with van der Waals surface area (Å²) in [6.07, 6.45) is -1.51. The average molecular weight is 380 g/mol. The molecule has 8 heteroatoms. The van der Waals surface area contributed by atoms with Crippen molar-refractivity contribution < 1.29 is 29.0 Å². The Balaban J connectivity index is 2.59. The van der Waals surface area contributed by atoms with Crippen LogP contribution >= 0.6 is 0 Å². The first-order valence-electron chi connectivity index (χ1n) is 8.57. The molecule has 27 heavy (non-hydrogen) atoms. The summed E-state index contributed by atoms with van der Waals surface area (Å²) in [5.74, 6) is -1.23. The highest BCUT2D eigenvalue weighted by atomic mass is 16.6. The number of benzene rings is 1. The fourth-order valence-corrected chi connectivity index (χ4v) is 2.19. The first kappa shape index (κ1) is 22.3. The van der Waals surface area contributed by atoms with E-state index in [0.717, 1.165) is 5.56 Å². The zero-order chi connectivity index (χ0) is 20.7. The van der Waals surface area contributed by atoms with E-state index in [1.54, 1.807) is 34.6 Å². The summed E-state index contributed by atoms with van der Waals surface area (Å²) in [7, 11) is 0. The molecule has 0 saturated heterocycles. The number of carbonyl (C=O) groups excluding carboxylic acids is 2. The number of carboxylic acids is 1. The molecular formula is C19H28N2O6. The molecular weight excluding hydrogens is 352 g/mol. The third kappa shape index (κ3) is 8.44. The molecule has 0 radical (unpaired) electrons. The Bertz CT molecular complexity index is 652. The van der Waals surface area contributed by atoms with Gasteiger partial charge in [-0.2, -0.15) is 0 Å². The lowest BCUT2D eigenvalue weighted by Gasteiger charge is -2.32. The van der Waals surface area contributed by atoms with E-state index in [4.69, 9.17) is 9.47 Å². The summed E-state index contributed by atoms with van der Waals surface area (Å²) >= 11 is 0. The van der Waals surface area contributed by atoms with Gasteiger partial charge in [0.25, 0.3) is 0 Å². The molecule has 0 spiro atoms. The third-order valence-electron chi connectivity index (χ3n) is 3.59. The summed E-state index contributed by atoms with van der Waals surface area (Å²) in [6.45, 7) is 8.34. The molecule has 8 nitrogen and oxygen atoms in total. The third-order valence-corrected chi connectivity index (χ3v) is 3.59. The van der Waals surface area contributed by atoms with Crippen molar-refractivity contribution in [1.82, 2.24) is 10.6 Å². The molecule has 2 amide bonds. The van der Waals surface area contributed by atoms with Crippen molar-refractivity contribution in [3.63, 3.8) is 0 Å². The number of rotatable bonds is 7. The molecule has 150 valence electrons. The normalized spacial score (nSPS) is 12.6. The van der Waals surface area contributed by atoms with Gasteiger partial charge in [0, 0.05) is 12.0 Å². The number of carboxylic acid groups (broad SMARTS) is 1. The van der Waals surface area contributed by atoms with Crippen LogP contribution in [0.2, 0.25) is 0 Å². The number of amides is 2. The number of alkyl carbamates (subject to hydrolysis) is 2. The number of nitrogens with one attached hydrogen (secondary N) is 2. The number of carbonyl (C=O) groups is 3. The molecule has 0 saturated carbocycles. The Labute approximate surface area is 159 Å². The first-order valence-corrected chi connectivity index (χ1v) is 8.57. The van der Waals surface area contributed by atoms with Crippen LogP contribution in [0.5, 0.6) is 0 Å². The maximum Gasteiger partial charge on any atom is 0.408 e. The molecule has 1 unspecified atom stereocenters. The molecule has 0 aliphatic rings. The van der Waals surface area contributed by atoms with Crippen LogP contribution in [0.3, 0.4) is 0 Å². The predicted octanol–water partition coefficient (Wildman–Crippen LogP) is 2.92. The highest BCUT2D eigenvalue weighted by molar-refractivity contribution is 5.81. The van der Waals surface area contributed by atoms with Crippen molar-refractivity contribution in [1.29, 1.82) is 0 Å². The highest BCUT2D eigenvalue weighted by Crippen LogP contribution is 2.21. The summed E-state index contributed by atoms with van der Waals surface area (Å²) in [5, 5.41) is 14.3. The van der Waals surface area contributed by atoms with E-state index in [1.165, 1.54) is 0 Å². The van der Waals surface area contributed by atoms with Gasteiger partial charge in [-0.1, -0.05) is 44.2 Å². The van der Waals surface area contributed by atoms with Crippen LogP contribution in [-0.4, -0.2) is 41.4 Å². The van der Waals surface area contributed by atoms with Crippen molar-refractivity contribution in [2.45, 2.75) is 52.9 Å². The van der Waals surface area contributed by atoms with Crippen molar-refractivity contribution in [3.05, 3.63) is 35.9 Å². The number of aliphatic carboxylic acids is 1. The second kappa shape index (κ2) is 9.25. The zero-order valence-electron chi connectivity index (χ0n) is 16.4. The molecule has 0 heterocycles. The standard InChI is InChI=1S/C19H28N2O6/c1-18(2,3)27-17(25)21-14(15(22)23)19(4,5)12-20-16(24)26-11-13-9-7-6-8-10-13/h6-10,14H,11-12H2,1-5H3,(H,20,24)(H,21,25)(H,22,23). The molecule has 0 aliphatic heterocycles. The molecule has 0 fully saturated rings. The Morgan fingerprint density at radius 1 is 1.04 bits per heavy atom. The highest BCUT2D eigenvalue weighted by Gasteiger charge is 2.38. The van der Waals surface area contributed by atoms with Crippen molar-refractivity contribution in [2.75, 3.05) is 6.54 Å². The van der Waals surface area contributed by atoms with Gasteiger partial charge in [-0.15, -0.1) is 0 Å². The van der Waals surface area contributed by atoms with Gasteiger partial charge in [-0.05, 0) is 26.3 Å². The minimum Gasteiger partial charge on any atom is -0.480 e. The SMILES string of the molecule is CC(C)(C)OC(=O)NC(C(=O)O)C(C)(C)CNC(=O)OCc1ccccc1. The molecule has 3 N–H and O–H groups in total. The second-order valence-corrected chi connectivity index (χ2v) is 7.82. The van der Waals surface area contributed by atoms with Gasteiger partial charge in [0.2, 0.25) is 0 Å². The average Bonchev–Trinajstić information content (AvgIpc) is 2.55. The van der Waals surface area contributed by atoms with Gasteiger partial charge in [0.05, 0.1) is 0 Å². The van der Waals surface area contributed by atoms with Crippen LogP contribution in [0, 0.1) is 5.41 Å². The Kier molecular flexibility index (Phi) is 7.63. The summed E-state index contributed by atoms with van der Waals surface area (Å²) in [6, 6.07) is 7.90. The maximum atomic E-state index is 11.9. The lowest BCUT2D eigenvalue weighted by atomic mass is 9.84. The van der Waals surface area contributed by atoms with E-state index in [-0.39, 0.29) is 13.2 Å². The first-order chi connectivity index (χ1) is 12.4. The predicted molar refractivity (Wildman–Crippen MR) is 99.2 cm³/mol. The summed E-state index contributed by atoms with van der Waals surface area (Å²) < 4.78 is 10.2. The van der Waals surface area contributed by atoms with Crippen LogP contribution in [0.1, 0.15) is 40.2 Å². The van der Waals surface area contributed by atoms with E-state index < -0.39 is 35.2 Å². The van der Waals surface area contributed by atoms with Gasteiger partial charge in [-0.25, -0.2) is 14.4 Å². The van der Waals surface area contributed by atoms with Crippen LogP contribution < -0.4 is 10.6 Å². The maximum absolute atomic E-state index is 11.9. The molecule has 1 atom stereocenters. The van der Waals surface area contributed by atoms with E-state index in [9.17, 15) is 19.5 Å². The van der Waals surface area contributed by atoms with E-state index in [1.807, 2.05) is 30.3 Å². The number of hydrogen-bond donors (Lipinski definition) is 3. The Morgan fingerprint density at radius 2 is 1.63 bits per heavy atom. The lowest BCUT2D eigenvalue weighted by molar-refractivity contribution is -0.142. The number of hydrogen-bond acceptors (Lipinski definition) is 5. The smallest absolute Gasteiger partial charge is 0.408 e. The molecule has 0 aliphatic carbocycles. The summed E-state index contributed by atoms with van der Waals surface area (Å²) in [5.41, 5.74) is -0.910. The zero-order valence-corrected chi connectivity index (χ0v) is 16.4. The van der Waals surface area contributed by atoms with Gasteiger partial charge in [0.15, 0.2) is 0 Å². The monoisotopic (exact) mass is 380 g/mol. The fourth-order valence-electron chi connectivity index (χ4n) is 2.19. The minimum absolute atomic E-state index is 0.0204. The van der Waals surface area contributed by atoms with Crippen LogP contribution in [-0.2, 0) is 20.9 Å². The summed E-state index contributed by atoms with van der Waals surface area (Å²) in [4.78, 5) is 35.4. The molecule has 0 bridgehead atoms. The Hall–Kier alpha value is -2.77. The van der Waals surface area contributed by atoms with Crippen molar-refractivity contribution >= 4 is 18.2 Å². The molecule has 1 rings (SSSR count). The van der Waals surface area contributed by atoms with Gasteiger partial charge >= 0.3 is 18.2 Å².